The van der Waals surface area contributed by atoms with E-state index in [4.69, 9.17) is 11.6 Å². The molecule has 0 aliphatic carbocycles. The van der Waals surface area contributed by atoms with Crippen molar-refractivity contribution in [3.05, 3.63) is 58.9 Å². The summed E-state index contributed by atoms with van der Waals surface area (Å²) >= 11 is 5.81. The standard InChI is InChI=1S/C15H14ClFN2/c16-12-6-14-15(7-13(12)17)19-9-11(8-18-14)10-4-2-1-3-5-10/h1-7,11,18-19H,8-9H2. The topological polar surface area (TPSA) is 24.1 Å². The molecule has 98 valence electrons. The van der Waals surface area contributed by atoms with Crippen molar-refractivity contribution >= 4 is 23.0 Å². The Labute approximate surface area is 116 Å². The summed E-state index contributed by atoms with van der Waals surface area (Å²) in [7, 11) is 0. The highest BCUT2D eigenvalue weighted by Crippen LogP contribution is 2.32. The van der Waals surface area contributed by atoms with Gasteiger partial charge in [-0.1, -0.05) is 41.9 Å². The number of hydrogen-bond acceptors (Lipinski definition) is 2. The molecule has 0 fully saturated rings. The van der Waals surface area contributed by atoms with E-state index in [0.717, 1.165) is 24.5 Å². The normalized spacial score (nSPS) is 17.9. The molecule has 0 spiro atoms. The van der Waals surface area contributed by atoms with Crippen LogP contribution in [0.15, 0.2) is 42.5 Å². The third-order valence-corrected chi connectivity index (χ3v) is 3.70. The van der Waals surface area contributed by atoms with Crippen molar-refractivity contribution in [2.45, 2.75) is 5.92 Å². The first-order valence-electron chi connectivity index (χ1n) is 6.26. The lowest BCUT2D eigenvalue weighted by Gasteiger charge is -2.14. The van der Waals surface area contributed by atoms with Crippen LogP contribution in [-0.4, -0.2) is 13.1 Å². The average Bonchev–Trinajstić information content (AvgIpc) is 2.63. The van der Waals surface area contributed by atoms with Gasteiger partial charge in [0.2, 0.25) is 0 Å². The monoisotopic (exact) mass is 276 g/mol. The van der Waals surface area contributed by atoms with Crippen molar-refractivity contribution in [2.24, 2.45) is 0 Å². The van der Waals surface area contributed by atoms with Crippen molar-refractivity contribution in [1.82, 2.24) is 0 Å². The van der Waals surface area contributed by atoms with E-state index in [1.54, 1.807) is 6.07 Å². The van der Waals surface area contributed by atoms with E-state index in [0.29, 0.717) is 5.92 Å². The molecule has 1 unspecified atom stereocenters. The molecular weight excluding hydrogens is 263 g/mol. The molecule has 19 heavy (non-hydrogen) atoms. The fourth-order valence-corrected chi connectivity index (χ4v) is 2.50. The Balaban J connectivity index is 1.85. The third kappa shape index (κ3) is 2.51. The summed E-state index contributed by atoms with van der Waals surface area (Å²) in [5.74, 6) is -0.0525. The van der Waals surface area contributed by atoms with Gasteiger partial charge in [-0.15, -0.1) is 0 Å². The average molecular weight is 277 g/mol. The number of nitrogens with one attached hydrogen (secondary N) is 2. The summed E-state index contributed by atoms with van der Waals surface area (Å²) in [4.78, 5) is 0. The zero-order valence-corrected chi connectivity index (χ0v) is 11.0. The van der Waals surface area contributed by atoms with Crippen LogP contribution in [0.4, 0.5) is 15.8 Å². The van der Waals surface area contributed by atoms with Crippen molar-refractivity contribution in [3.8, 4) is 0 Å². The van der Waals surface area contributed by atoms with E-state index in [-0.39, 0.29) is 5.02 Å². The van der Waals surface area contributed by atoms with Gasteiger partial charge in [0, 0.05) is 25.1 Å². The van der Waals surface area contributed by atoms with Crippen LogP contribution in [-0.2, 0) is 0 Å². The lowest BCUT2D eigenvalue weighted by molar-refractivity contribution is 0.629. The first-order chi connectivity index (χ1) is 9.24. The fraction of sp³-hybridized carbons (Fsp3) is 0.200. The van der Waals surface area contributed by atoms with Gasteiger partial charge >= 0.3 is 0 Å². The van der Waals surface area contributed by atoms with Gasteiger partial charge < -0.3 is 10.6 Å². The van der Waals surface area contributed by atoms with Gasteiger partial charge in [-0.2, -0.15) is 0 Å². The van der Waals surface area contributed by atoms with Crippen LogP contribution in [0.2, 0.25) is 5.02 Å². The van der Waals surface area contributed by atoms with E-state index in [1.807, 2.05) is 18.2 Å². The zero-order valence-electron chi connectivity index (χ0n) is 10.3. The van der Waals surface area contributed by atoms with Crippen LogP contribution < -0.4 is 10.6 Å². The van der Waals surface area contributed by atoms with Crippen molar-refractivity contribution in [3.63, 3.8) is 0 Å². The molecule has 0 saturated carbocycles. The van der Waals surface area contributed by atoms with Crippen LogP contribution in [0.5, 0.6) is 0 Å². The van der Waals surface area contributed by atoms with Crippen molar-refractivity contribution in [1.29, 1.82) is 0 Å². The molecule has 1 heterocycles. The second-order valence-electron chi connectivity index (χ2n) is 4.68. The summed E-state index contributed by atoms with van der Waals surface area (Å²) in [6.45, 7) is 1.57. The number of anilines is 2. The van der Waals surface area contributed by atoms with E-state index < -0.39 is 5.82 Å². The lowest BCUT2D eigenvalue weighted by atomic mass is 9.99. The minimum atomic E-state index is -0.395. The van der Waals surface area contributed by atoms with Crippen LogP contribution in [0.3, 0.4) is 0 Å². The highest BCUT2D eigenvalue weighted by atomic mass is 35.5. The minimum absolute atomic E-state index is 0.145. The molecule has 0 amide bonds. The van der Waals surface area contributed by atoms with E-state index in [9.17, 15) is 4.39 Å². The molecule has 0 saturated heterocycles. The first-order valence-corrected chi connectivity index (χ1v) is 6.63. The Morgan fingerprint density at radius 1 is 1.00 bits per heavy atom. The molecule has 2 aromatic rings. The molecule has 2 N–H and O–H groups in total. The van der Waals surface area contributed by atoms with Gasteiger partial charge in [-0.25, -0.2) is 4.39 Å². The number of hydrogen-bond donors (Lipinski definition) is 2. The molecule has 4 heteroatoms. The van der Waals surface area contributed by atoms with Gasteiger partial charge in [0.1, 0.15) is 5.82 Å². The molecule has 1 atom stereocenters. The molecule has 0 radical (unpaired) electrons. The van der Waals surface area contributed by atoms with Crippen LogP contribution in [0.25, 0.3) is 0 Å². The summed E-state index contributed by atoms with van der Waals surface area (Å²) in [5.41, 5.74) is 2.88. The summed E-state index contributed by atoms with van der Waals surface area (Å²) in [5, 5.41) is 6.75. The minimum Gasteiger partial charge on any atom is -0.383 e. The van der Waals surface area contributed by atoms with Crippen molar-refractivity contribution < 1.29 is 4.39 Å². The Hall–Kier alpha value is -1.74. The predicted octanol–water partition coefficient (Wildman–Crippen LogP) is 4.10. The van der Waals surface area contributed by atoms with E-state index in [1.165, 1.54) is 11.6 Å². The van der Waals surface area contributed by atoms with Gasteiger partial charge in [0.25, 0.3) is 0 Å². The zero-order chi connectivity index (χ0) is 13.2. The molecule has 2 aromatic carbocycles. The Kier molecular flexibility index (Phi) is 3.30. The Morgan fingerprint density at radius 3 is 2.32 bits per heavy atom. The first kappa shape index (κ1) is 12.3. The summed E-state index contributed by atoms with van der Waals surface area (Å²) in [6, 6.07) is 13.4. The number of benzene rings is 2. The second kappa shape index (κ2) is 5.10. The number of rotatable bonds is 1. The quantitative estimate of drug-likeness (QED) is 0.819. The maximum atomic E-state index is 13.5. The van der Waals surface area contributed by atoms with Crippen LogP contribution >= 0.6 is 11.6 Å². The second-order valence-corrected chi connectivity index (χ2v) is 5.09. The number of halogens is 2. The van der Waals surface area contributed by atoms with Gasteiger partial charge in [-0.3, -0.25) is 0 Å². The summed E-state index contributed by atoms with van der Waals surface area (Å²) in [6.07, 6.45) is 0. The maximum Gasteiger partial charge on any atom is 0.143 e. The smallest absolute Gasteiger partial charge is 0.143 e. The van der Waals surface area contributed by atoms with Crippen LogP contribution in [0, 0.1) is 5.82 Å². The summed E-state index contributed by atoms with van der Waals surface area (Å²) < 4.78 is 13.5. The molecule has 1 aliphatic rings. The van der Waals surface area contributed by atoms with E-state index >= 15 is 0 Å². The van der Waals surface area contributed by atoms with Gasteiger partial charge in [0.15, 0.2) is 0 Å². The maximum absolute atomic E-state index is 13.5. The van der Waals surface area contributed by atoms with E-state index in [2.05, 4.69) is 22.8 Å². The highest BCUT2D eigenvalue weighted by Gasteiger charge is 2.18. The lowest BCUT2D eigenvalue weighted by Crippen LogP contribution is -2.16. The van der Waals surface area contributed by atoms with Gasteiger partial charge in [0.05, 0.1) is 16.4 Å². The molecular formula is C15H14ClFN2. The Bertz CT molecular complexity index is 553. The number of fused-ring (bicyclic) bond motifs is 1. The SMILES string of the molecule is Fc1cc2c(cc1Cl)NCC(c1ccccc1)CN2. The predicted molar refractivity (Wildman–Crippen MR) is 77.6 cm³/mol. The third-order valence-electron chi connectivity index (χ3n) is 3.41. The van der Waals surface area contributed by atoms with Gasteiger partial charge in [-0.05, 0) is 11.6 Å². The highest BCUT2D eigenvalue weighted by molar-refractivity contribution is 6.31. The van der Waals surface area contributed by atoms with Crippen LogP contribution in [0.1, 0.15) is 11.5 Å². The molecule has 3 rings (SSSR count). The molecule has 0 bridgehead atoms. The fourth-order valence-electron chi connectivity index (χ4n) is 2.34. The van der Waals surface area contributed by atoms with Crippen molar-refractivity contribution in [2.75, 3.05) is 23.7 Å². The Morgan fingerprint density at radius 2 is 1.63 bits per heavy atom. The largest absolute Gasteiger partial charge is 0.383 e. The molecule has 2 nitrogen and oxygen atoms in total. The molecule has 0 aromatic heterocycles. The molecule has 1 aliphatic heterocycles.